The number of aromatic nitrogens is 3. The van der Waals surface area contributed by atoms with Crippen LogP contribution in [0.4, 0.5) is 20.4 Å². The Labute approximate surface area is 273 Å². The van der Waals surface area contributed by atoms with Gasteiger partial charge in [-0.2, -0.15) is 5.10 Å². The van der Waals surface area contributed by atoms with Crippen molar-refractivity contribution in [2.24, 2.45) is 5.41 Å². The molecule has 2 aromatic heterocycles. The van der Waals surface area contributed by atoms with Gasteiger partial charge in [0.1, 0.15) is 21.5 Å². The zero-order chi connectivity index (χ0) is 32.8. The number of nitrogens with zero attached hydrogens (tertiary/aromatic N) is 4. The molecule has 0 aliphatic carbocycles. The summed E-state index contributed by atoms with van der Waals surface area (Å²) in [7, 11) is 0. The van der Waals surface area contributed by atoms with E-state index in [0.717, 1.165) is 5.69 Å². The lowest BCUT2D eigenvalue weighted by atomic mass is 9.72. The number of likely N-dealkylation sites (tertiary alicyclic amines) is 1. The van der Waals surface area contributed by atoms with Crippen molar-refractivity contribution in [3.63, 3.8) is 0 Å². The number of anilines is 2. The number of pyridine rings is 1. The summed E-state index contributed by atoms with van der Waals surface area (Å²) in [6, 6.07) is 6.57. The van der Waals surface area contributed by atoms with Gasteiger partial charge in [0.25, 0.3) is 0 Å². The zero-order valence-electron chi connectivity index (χ0n) is 26.4. The van der Waals surface area contributed by atoms with E-state index in [2.05, 4.69) is 20.3 Å². The molecular formula is C32H40Cl3F2N5O2. The minimum Gasteiger partial charge on any atom is -0.460 e. The molecule has 3 aromatic rings. The standard InChI is InChI=1S/C32H40Cl3F2N5O2/c1-18-14-23(40-42(18)30(3,4)5)39-28-25(35)24(34)27(37)22(38-28)16-32(29(43)44-31(6,7)8)12-13-41(19(2)15-32)17-20-10-9-11-21(33)26(20)36/h9-11,14,19H,12-13,15-17H2,1-8H3,(H,38,39,40). The van der Waals surface area contributed by atoms with Crippen LogP contribution in [0.3, 0.4) is 0 Å². The average molecular weight is 671 g/mol. The number of ether oxygens (including phenoxy) is 1. The summed E-state index contributed by atoms with van der Waals surface area (Å²) in [5.74, 6) is -1.11. The molecule has 44 heavy (non-hydrogen) atoms. The fourth-order valence-electron chi connectivity index (χ4n) is 5.72. The third kappa shape index (κ3) is 7.49. The summed E-state index contributed by atoms with van der Waals surface area (Å²) in [5.41, 5.74) is -0.798. The number of esters is 1. The Kier molecular flexibility index (Phi) is 9.96. The minimum atomic E-state index is -1.12. The summed E-state index contributed by atoms with van der Waals surface area (Å²) in [4.78, 5) is 20.5. The highest BCUT2D eigenvalue weighted by molar-refractivity contribution is 6.43. The maximum Gasteiger partial charge on any atom is 0.313 e. The van der Waals surface area contributed by atoms with Gasteiger partial charge in [-0.25, -0.2) is 13.8 Å². The van der Waals surface area contributed by atoms with Crippen molar-refractivity contribution in [1.29, 1.82) is 0 Å². The molecule has 0 radical (unpaired) electrons. The van der Waals surface area contributed by atoms with E-state index in [1.165, 1.54) is 6.07 Å². The number of benzene rings is 1. The molecular weight excluding hydrogens is 631 g/mol. The molecule has 4 rings (SSSR count). The van der Waals surface area contributed by atoms with Crippen molar-refractivity contribution in [2.75, 3.05) is 11.9 Å². The summed E-state index contributed by atoms with van der Waals surface area (Å²) >= 11 is 18.9. The lowest BCUT2D eigenvalue weighted by molar-refractivity contribution is -0.172. The van der Waals surface area contributed by atoms with Gasteiger partial charge in [0.15, 0.2) is 17.5 Å². The van der Waals surface area contributed by atoms with Gasteiger partial charge in [0, 0.05) is 36.3 Å². The highest BCUT2D eigenvalue weighted by Crippen LogP contribution is 2.43. The van der Waals surface area contributed by atoms with E-state index in [4.69, 9.17) is 39.5 Å². The van der Waals surface area contributed by atoms with Crippen LogP contribution >= 0.6 is 34.8 Å². The number of piperidine rings is 1. The van der Waals surface area contributed by atoms with Crippen molar-refractivity contribution < 1.29 is 18.3 Å². The molecule has 1 N–H and O–H groups in total. The van der Waals surface area contributed by atoms with Gasteiger partial charge >= 0.3 is 5.97 Å². The number of carbonyl (C=O) groups excluding carboxylic acids is 1. The molecule has 0 bridgehead atoms. The molecule has 12 heteroatoms. The molecule has 1 fully saturated rings. The topological polar surface area (TPSA) is 72.3 Å². The van der Waals surface area contributed by atoms with Crippen molar-refractivity contribution in [1.82, 2.24) is 19.7 Å². The second kappa shape index (κ2) is 12.7. The van der Waals surface area contributed by atoms with E-state index in [-0.39, 0.29) is 44.6 Å². The van der Waals surface area contributed by atoms with E-state index in [9.17, 15) is 9.18 Å². The van der Waals surface area contributed by atoms with Gasteiger partial charge in [-0.15, -0.1) is 0 Å². The molecule has 1 aliphatic heterocycles. The van der Waals surface area contributed by atoms with Crippen LogP contribution in [0.5, 0.6) is 0 Å². The fraction of sp³-hybridized carbons (Fsp3) is 0.531. The molecule has 1 aromatic carbocycles. The van der Waals surface area contributed by atoms with E-state index >= 15 is 4.39 Å². The lowest BCUT2D eigenvalue weighted by Crippen LogP contribution is -2.51. The monoisotopic (exact) mass is 669 g/mol. The van der Waals surface area contributed by atoms with E-state index in [0.29, 0.717) is 37.3 Å². The van der Waals surface area contributed by atoms with Gasteiger partial charge in [-0.05, 0) is 80.8 Å². The fourth-order valence-corrected chi connectivity index (χ4v) is 6.29. The first-order valence-electron chi connectivity index (χ1n) is 14.6. The van der Waals surface area contributed by atoms with Crippen LogP contribution < -0.4 is 5.32 Å². The number of aryl methyl sites for hydroxylation is 1. The first-order chi connectivity index (χ1) is 20.3. The third-order valence-electron chi connectivity index (χ3n) is 7.79. The Morgan fingerprint density at radius 3 is 2.39 bits per heavy atom. The number of hydrogen-bond acceptors (Lipinski definition) is 6. The van der Waals surface area contributed by atoms with E-state index in [1.54, 1.807) is 32.9 Å². The number of rotatable bonds is 7. The van der Waals surface area contributed by atoms with E-state index < -0.39 is 28.6 Å². The van der Waals surface area contributed by atoms with Crippen molar-refractivity contribution in [3.05, 3.63) is 67.9 Å². The molecule has 0 spiro atoms. The molecule has 1 aliphatic rings. The van der Waals surface area contributed by atoms with Crippen LogP contribution in [-0.2, 0) is 28.0 Å². The average Bonchev–Trinajstić information content (AvgIpc) is 3.29. The van der Waals surface area contributed by atoms with Crippen LogP contribution in [0.25, 0.3) is 0 Å². The molecule has 2 atom stereocenters. The number of halogens is 5. The summed E-state index contributed by atoms with van der Waals surface area (Å²) in [6.07, 6.45) is 0.579. The van der Waals surface area contributed by atoms with Crippen LogP contribution in [0, 0.1) is 24.0 Å². The zero-order valence-corrected chi connectivity index (χ0v) is 28.7. The summed E-state index contributed by atoms with van der Waals surface area (Å²) < 4.78 is 38.2. The van der Waals surface area contributed by atoms with Crippen molar-refractivity contribution >= 4 is 52.4 Å². The SMILES string of the molecule is Cc1cc(Nc2nc(CC3(C(=O)OC(C)(C)C)CCN(Cc4cccc(Cl)c4F)C(C)C3)c(F)c(Cl)c2Cl)nn1C(C)(C)C. The first-order valence-corrected chi connectivity index (χ1v) is 15.7. The third-order valence-corrected chi connectivity index (χ3v) is 8.90. The number of nitrogens with one attached hydrogen (secondary N) is 1. The van der Waals surface area contributed by atoms with Gasteiger partial charge < -0.3 is 10.1 Å². The lowest BCUT2D eigenvalue weighted by Gasteiger charge is -2.45. The molecule has 2 unspecified atom stereocenters. The highest BCUT2D eigenvalue weighted by Gasteiger charge is 2.47. The van der Waals surface area contributed by atoms with Crippen LogP contribution in [0.15, 0.2) is 24.3 Å². The van der Waals surface area contributed by atoms with Crippen LogP contribution in [0.1, 0.15) is 78.3 Å². The predicted molar refractivity (Wildman–Crippen MR) is 172 cm³/mol. The van der Waals surface area contributed by atoms with Crippen LogP contribution in [-0.4, -0.2) is 43.8 Å². The Morgan fingerprint density at radius 1 is 1.11 bits per heavy atom. The molecule has 0 amide bonds. The van der Waals surface area contributed by atoms with Crippen LogP contribution in [0.2, 0.25) is 15.1 Å². The Morgan fingerprint density at radius 2 is 1.80 bits per heavy atom. The van der Waals surface area contributed by atoms with Crippen molar-refractivity contribution in [2.45, 2.75) is 98.4 Å². The van der Waals surface area contributed by atoms with Gasteiger partial charge in [0.05, 0.1) is 21.7 Å². The minimum absolute atomic E-state index is 0.0127. The predicted octanol–water partition coefficient (Wildman–Crippen LogP) is 8.88. The maximum atomic E-state index is 15.7. The second-order valence-corrected chi connectivity index (χ2v) is 14.8. The quantitative estimate of drug-likeness (QED) is 0.253. The smallest absolute Gasteiger partial charge is 0.313 e. The van der Waals surface area contributed by atoms with E-state index in [1.807, 2.05) is 45.4 Å². The number of carbonyl (C=O) groups is 1. The van der Waals surface area contributed by atoms with Gasteiger partial charge in [-0.3, -0.25) is 14.4 Å². The largest absolute Gasteiger partial charge is 0.460 e. The molecule has 3 heterocycles. The highest BCUT2D eigenvalue weighted by atomic mass is 35.5. The molecule has 0 saturated carbocycles. The van der Waals surface area contributed by atoms with Gasteiger partial charge in [-0.1, -0.05) is 46.9 Å². The summed E-state index contributed by atoms with van der Waals surface area (Å²) in [6.45, 7) is 16.1. The first kappa shape index (κ1) is 34.4. The Balaban J connectivity index is 1.68. The maximum absolute atomic E-state index is 15.7. The Bertz CT molecular complexity index is 1550. The second-order valence-electron chi connectivity index (χ2n) is 13.7. The molecule has 240 valence electrons. The summed E-state index contributed by atoms with van der Waals surface area (Å²) in [5, 5.41) is 7.37. The van der Waals surface area contributed by atoms with Crippen molar-refractivity contribution in [3.8, 4) is 0 Å². The number of hydrogen-bond donors (Lipinski definition) is 1. The normalized spacial score (nSPS) is 19.7. The Hall–Kier alpha value is -2.46. The molecule has 1 saturated heterocycles. The molecule has 7 nitrogen and oxygen atoms in total. The van der Waals surface area contributed by atoms with Gasteiger partial charge in [0.2, 0.25) is 0 Å².